The number of rotatable bonds is 3. The molecular weight excluding hydrogens is 314 g/mol. The third-order valence-corrected chi connectivity index (χ3v) is 5.04. The predicted molar refractivity (Wildman–Crippen MR) is 89.1 cm³/mol. The maximum absolute atomic E-state index is 13.1. The number of piperazine rings is 1. The van der Waals surface area contributed by atoms with Gasteiger partial charge in [-0.15, -0.1) is 0 Å². The van der Waals surface area contributed by atoms with Crippen molar-refractivity contribution in [3.05, 3.63) is 34.9 Å². The molecule has 2 fully saturated rings. The van der Waals surface area contributed by atoms with Crippen LogP contribution < -0.4 is 5.32 Å². The summed E-state index contributed by atoms with van der Waals surface area (Å²) in [7, 11) is 0. The first-order valence-corrected chi connectivity index (χ1v) is 8.38. The van der Waals surface area contributed by atoms with Gasteiger partial charge in [-0.25, -0.2) is 0 Å². The molecule has 1 aromatic carbocycles. The molecule has 2 heterocycles. The van der Waals surface area contributed by atoms with Gasteiger partial charge in [-0.2, -0.15) is 0 Å². The molecule has 0 aromatic heterocycles. The highest BCUT2D eigenvalue weighted by Crippen LogP contribution is 2.32. The number of carbonyl (C=O) groups is 2. The van der Waals surface area contributed by atoms with Crippen LogP contribution in [0.15, 0.2) is 24.3 Å². The molecular formula is C17H22ClN3O2. The average molecular weight is 336 g/mol. The molecule has 1 N–H and O–H groups in total. The van der Waals surface area contributed by atoms with E-state index in [4.69, 9.17) is 11.6 Å². The second-order valence-corrected chi connectivity index (χ2v) is 7.03. The van der Waals surface area contributed by atoms with Crippen LogP contribution in [0.1, 0.15) is 25.8 Å². The van der Waals surface area contributed by atoms with E-state index in [1.807, 2.05) is 38.1 Å². The van der Waals surface area contributed by atoms with Crippen molar-refractivity contribution in [1.29, 1.82) is 0 Å². The summed E-state index contributed by atoms with van der Waals surface area (Å²) in [5.74, 6) is 0.0722. The van der Waals surface area contributed by atoms with Gasteiger partial charge in [0.05, 0.1) is 0 Å². The quantitative estimate of drug-likeness (QED) is 0.914. The maximum Gasteiger partial charge on any atom is 0.250 e. The minimum absolute atomic E-state index is 0.0111. The fourth-order valence-corrected chi connectivity index (χ4v) is 3.57. The Morgan fingerprint density at radius 3 is 2.52 bits per heavy atom. The number of benzene rings is 1. The Morgan fingerprint density at radius 2 is 1.96 bits per heavy atom. The van der Waals surface area contributed by atoms with E-state index in [0.29, 0.717) is 24.5 Å². The van der Waals surface area contributed by atoms with Crippen molar-refractivity contribution in [2.75, 3.05) is 19.6 Å². The Bertz CT molecular complexity index is 609. The maximum atomic E-state index is 13.1. The SMILES string of the molecule is CC(C)N1CC(=O)N(Cc2ccc(Cl)cc2)C2(CCNC2)C1=O. The Morgan fingerprint density at radius 1 is 1.26 bits per heavy atom. The van der Waals surface area contributed by atoms with Crippen molar-refractivity contribution < 1.29 is 9.59 Å². The Kier molecular flexibility index (Phi) is 4.34. The normalized spacial score (nSPS) is 25.0. The van der Waals surface area contributed by atoms with Crippen LogP contribution in [-0.2, 0) is 16.1 Å². The molecule has 2 aliphatic heterocycles. The van der Waals surface area contributed by atoms with Crippen LogP contribution in [0, 0.1) is 0 Å². The van der Waals surface area contributed by atoms with Gasteiger partial charge < -0.3 is 15.1 Å². The van der Waals surface area contributed by atoms with E-state index in [0.717, 1.165) is 12.1 Å². The molecule has 1 aromatic rings. The zero-order valence-corrected chi connectivity index (χ0v) is 14.3. The van der Waals surface area contributed by atoms with Crippen molar-refractivity contribution >= 4 is 23.4 Å². The van der Waals surface area contributed by atoms with Crippen LogP contribution in [0.2, 0.25) is 5.02 Å². The molecule has 0 saturated carbocycles. The molecule has 2 saturated heterocycles. The zero-order valence-electron chi connectivity index (χ0n) is 13.5. The molecule has 1 spiro atoms. The van der Waals surface area contributed by atoms with Gasteiger partial charge in [-0.1, -0.05) is 23.7 Å². The first kappa shape index (κ1) is 16.3. The molecule has 0 radical (unpaired) electrons. The van der Waals surface area contributed by atoms with E-state index in [1.54, 1.807) is 9.80 Å². The van der Waals surface area contributed by atoms with Gasteiger partial charge in [-0.3, -0.25) is 9.59 Å². The Labute approximate surface area is 141 Å². The number of halogens is 1. The highest BCUT2D eigenvalue weighted by molar-refractivity contribution is 6.30. The lowest BCUT2D eigenvalue weighted by atomic mass is 9.89. The number of hydrogen-bond acceptors (Lipinski definition) is 3. The van der Waals surface area contributed by atoms with Gasteiger partial charge >= 0.3 is 0 Å². The second-order valence-electron chi connectivity index (χ2n) is 6.59. The summed E-state index contributed by atoms with van der Waals surface area (Å²) >= 11 is 5.93. The largest absolute Gasteiger partial charge is 0.329 e. The molecule has 0 aliphatic carbocycles. The summed E-state index contributed by atoms with van der Waals surface area (Å²) in [4.78, 5) is 29.3. The standard InChI is InChI=1S/C17H22ClN3O2/c1-12(2)20-10-15(22)21(9-13-3-5-14(18)6-4-13)17(16(20)23)7-8-19-11-17/h3-6,12,19H,7-11H2,1-2H3. The van der Waals surface area contributed by atoms with Gasteiger partial charge in [0, 0.05) is 24.2 Å². The van der Waals surface area contributed by atoms with Gasteiger partial charge in [0.1, 0.15) is 12.1 Å². The third-order valence-electron chi connectivity index (χ3n) is 4.79. The fourth-order valence-electron chi connectivity index (χ4n) is 3.45. The van der Waals surface area contributed by atoms with Crippen LogP contribution in [-0.4, -0.2) is 52.8 Å². The Hall–Kier alpha value is -1.59. The number of carbonyl (C=O) groups excluding carboxylic acids is 2. The molecule has 1 unspecified atom stereocenters. The first-order valence-electron chi connectivity index (χ1n) is 8.01. The van der Waals surface area contributed by atoms with Crippen LogP contribution >= 0.6 is 11.6 Å². The van der Waals surface area contributed by atoms with Crippen LogP contribution in [0.3, 0.4) is 0 Å². The van der Waals surface area contributed by atoms with E-state index >= 15 is 0 Å². The first-order chi connectivity index (χ1) is 10.9. The van der Waals surface area contributed by atoms with Crippen LogP contribution in [0.5, 0.6) is 0 Å². The van der Waals surface area contributed by atoms with Crippen molar-refractivity contribution in [3.8, 4) is 0 Å². The van der Waals surface area contributed by atoms with E-state index in [2.05, 4.69) is 5.32 Å². The molecule has 5 nitrogen and oxygen atoms in total. The average Bonchev–Trinajstić information content (AvgIpc) is 3.00. The van der Waals surface area contributed by atoms with Gasteiger partial charge in [0.2, 0.25) is 5.91 Å². The van der Waals surface area contributed by atoms with Gasteiger partial charge in [0.15, 0.2) is 0 Å². The van der Waals surface area contributed by atoms with Crippen LogP contribution in [0.25, 0.3) is 0 Å². The predicted octanol–water partition coefficient (Wildman–Crippen LogP) is 1.65. The lowest BCUT2D eigenvalue weighted by Gasteiger charge is -2.48. The smallest absolute Gasteiger partial charge is 0.250 e. The number of nitrogens with one attached hydrogen (secondary N) is 1. The number of amides is 2. The summed E-state index contributed by atoms with van der Waals surface area (Å²) in [5.41, 5.74) is 0.235. The van der Waals surface area contributed by atoms with Crippen molar-refractivity contribution in [2.45, 2.75) is 38.4 Å². The fraction of sp³-hybridized carbons (Fsp3) is 0.529. The topological polar surface area (TPSA) is 52.7 Å². The minimum atomic E-state index is -0.751. The van der Waals surface area contributed by atoms with E-state index < -0.39 is 5.54 Å². The summed E-state index contributed by atoms with van der Waals surface area (Å²) in [5, 5.41) is 3.92. The molecule has 23 heavy (non-hydrogen) atoms. The molecule has 2 amide bonds. The number of hydrogen-bond donors (Lipinski definition) is 1. The van der Waals surface area contributed by atoms with E-state index in [9.17, 15) is 9.59 Å². The third kappa shape index (κ3) is 2.83. The summed E-state index contributed by atoms with van der Waals surface area (Å²) in [6.07, 6.45) is 0.661. The van der Waals surface area contributed by atoms with Crippen molar-refractivity contribution in [3.63, 3.8) is 0 Å². The summed E-state index contributed by atoms with van der Waals surface area (Å²) in [6, 6.07) is 7.47. The monoisotopic (exact) mass is 335 g/mol. The van der Waals surface area contributed by atoms with E-state index in [-0.39, 0.29) is 24.4 Å². The van der Waals surface area contributed by atoms with Gasteiger partial charge in [0.25, 0.3) is 5.91 Å². The van der Waals surface area contributed by atoms with Crippen molar-refractivity contribution in [2.24, 2.45) is 0 Å². The highest BCUT2D eigenvalue weighted by atomic mass is 35.5. The Balaban J connectivity index is 1.92. The zero-order chi connectivity index (χ0) is 16.6. The summed E-state index contributed by atoms with van der Waals surface area (Å²) in [6.45, 7) is 5.78. The van der Waals surface area contributed by atoms with E-state index in [1.165, 1.54) is 0 Å². The minimum Gasteiger partial charge on any atom is -0.329 e. The second kappa shape index (κ2) is 6.13. The molecule has 2 aliphatic rings. The lowest BCUT2D eigenvalue weighted by molar-refractivity contribution is -0.166. The van der Waals surface area contributed by atoms with Crippen LogP contribution in [0.4, 0.5) is 0 Å². The van der Waals surface area contributed by atoms with Gasteiger partial charge in [-0.05, 0) is 44.5 Å². The molecule has 0 bridgehead atoms. The molecule has 6 heteroatoms. The molecule has 124 valence electrons. The highest BCUT2D eigenvalue weighted by Gasteiger charge is 2.54. The molecule has 3 rings (SSSR count). The lowest BCUT2D eigenvalue weighted by Crippen LogP contribution is -2.69. The van der Waals surface area contributed by atoms with Crippen molar-refractivity contribution in [1.82, 2.24) is 15.1 Å². The summed E-state index contributed by atoms with van der Waals surface area (Å²) < 4.78 is 0. The number of nitrogens with zero attached hydrogens (tertiary/aromatic N) is 2. The molecule has 1 atom stereocenters.